The van der Waals surface area contributed by atoms with E-state index in [1.165, 1.54) is 0 Å². The Kier molecular flexibility index (Phi) is 14.4. The third-order valence-corrected chi connectivity index (χ3v) is 11.8. The highest BCUT2D eigenvalue weighted by Crippen LogP contribution is 2.35. The highest BCUT2D eigenvalue weighted by molar-refractivity contribution is 5.93. The lowest BCUT2D eigenvalue weighted by molar-refractivity contribution is 0.110. The highest BCUT2D eigenvalue weighted by atomic mass is 16.6. The van der Waals surface area contributed by atoms with Crippen LogP contribution in [-0.2, 0) is 0 Å². The number of nitrogens with zero attached hydrogens (tertiary/aromatic N) is 2. The third kappa shape index (κ3) is 11.7. The fraction of sp³-hybridized carbons (Fsp3) is 0.388. The Morgan fingerprint density at radius 1 is 0.540 bits per heavy atom. The summed E-state index contributed by atoms with van der Waals surface area (Å²) in [6.45, 7) is 9.05. The van der Waals surface area contributed by atoms with Gasteiger partial charge in [-0.25, -0.2) is 9.59 Å². The Morgan fingerprint density at radius 3 is 1.49 bits per heavy atom. The number of hydrogen-bond acceptors (Lipinski definition) is 10. The number of aliphatic hydroxyl groups excluding tert-OH is 2. The van der Waals surface area contributed by atoms with Gasteiger partial charge in [0.1, 0.15) is 38.6 Å². The molecular weight excluding hydrogens is 801 g/mol. The first kappa shape index (κ1) is 43.6. The first-order valence-corrected chi connectivity index (χ1v) is 22.0. The molecule has 5 aromatic carbocycles. The van der Waals surface area contributed by atoms with Crippen molar-refractivity contribution in [1.82, 2.24) is 20.4 Å². The van der Waals surface area contributed by atoms with Crippen molar-refractivity contribution < 1.29 is 38.7 Å². The second-order valence-electron chi connectivity index (χ2n) is 16.5. The Hall–Kier alpha value is -6.06. The number of aryl methyl sites for hydroxylation is 1. The second-order valence-corrected chi connectivity index (χ2v) is 16.5. The monoisotopic (exact) mass is 858 g/mol. The van der Waals surface area contributed by atoms with Crippen LogP contribution < -0.4 is 40.2 Å². The van der Waals surface area contributed by atoms with E-state index in [1.54, 1.807) is 12.1 Å². The molecule has 4 amide bonds. The van der Waals surface area contributed by atoms with Crippen molar-refractivity contribution in [3.63, 3.8) is 0 Å². The van der Waals surface area contributed by atoms with Gasteiger partial charge < -0.3 is 60.2 Å². The number of fused-ring (bicyclic) bond motifs is 3. The number of likely N-dealkylation sites (tertiary alicyclic amines) is 2. The SMILES string of the molecule is Cc1ccc(NC(=O)NC(CN2CCCC2)C(O)c2ccc3c(c2)OCCO3)cc1.O=C(Nc1ccc2ccccc2c1)NC(CN1CCCC1)C(O)c1ccc2c(c1)OCCO2. The van der Waals surface area contributed by atoms with Gasteiger partial charge in [-0.1, -0.05) is 60.2 Å². The van der Waals surface area contributed by atoms with Crippen LogP contribution >= 0.6 is 0 Å². The Labute approximate surface area is 368 Å². The average Bonchev–Trinajstić information content (AvgIpc) is 4.04. The van der Waals surface area contributed by atoms with Gasteiger partial charge in [0, 0.05) is 24.5 Å². The Balaban J connectivity index is 0.000000174. The van der Waals surface area contributed by atoms with Crippen LogP contribution in [0.15, 0.2) is 103 Å². The molecule has 0 aromatic heterocycles. The molecule has 332 valence electrons. The quantitative estimate of drug-likeness (QED) is 0.0769. The van der Waals surface area contributed by atoms with Crippen LogP contribution in [0.3, 0.4) is 0 Å². The summed E-state index contributed by atoms with van der Waals surface area (Å²) >= 11 is 0. The summed E-state index contributed by atoms with van der Waals surface area (Å²) in [5.74, 6) is 2.61. The molecule has 0 aliphatic carbocycles. The molecule has 0 saturated carbocycles. The summed E-state index contributed by atoms with van der Waals surface area (Å²) in [7, 11) is 0. The number of benzene rings is 5. The van der Waals surface area contributed by atoms with E-state index < -0.39 is 24.3 Å². The fourth-order valence-corrected chi connectivity index (χ4v) is 8.46. The van der Waals surface area contributed by atoms with Crippen LogP contribution in [0, 0.1) is 6.92 Å². The summed E-state index contributed by atoms with van der Waals surface area (Å²) in [4.78, 5) is 30.1. The van der Waals surface area contributed by atoms with E-state index in [2.05, 4.69) is 31.1 Å². The lowest BCUT2D eigenvalue weighted by Crippen LogP contribution is -2.48. The van der Waals surface area contributed by atoms with Gasteiger partial charge in [-0.05, 0) is 129 Å². The molecule has 2 saturated heterocycles. The fourth-order valence-electron chi connectivity index (χ4n) is 8.46. The van der Waals surface area contributed by atoms with E-state index in [0.717, 1.165) is 68.2 Å². The lowest BCUT2D eigenvalue weighted by atomic mass is 10.0. The maximum Gasteiger partial charge on any atom is 0.319 e. The number of amides is 4. The van der Waals surface area contributed by atoms with Crippen molar-refractivity contribution in [2.45, 2.75) is 56.9 Å². The van der Waals surface area contributed by atoms with Gasteiger partial charge in [-0.2, -0.15) is 0 Å². The van der Waals surface area contributed by atoms with Gasteiger partial charge in [0.25, 0.3) is 0 Å². The Morgan fingerprint density at radius 2 is 0.984 bits per heavy atom. The summed E-state index contributed by atoms with van der Waals surface area (Å²) in [5.41, 5.74) is 3.93. The zero-order valence-corrected chi connectivity index (χ0v) is 35.8. The third-order valence-electron chi connectivity index (χ3n) is 11.8. The molecule has 14 heteroatoms. The first-order valence-electron chi connectivity index (χ1n) is 22.0. The minimum Gasteiger partial charge on any atom is -0.486 e. The van der Waals surface area contributed by atoms with Crippen molar-refractivity contribution in [1.29, 1.82) is 0 Å². The standard InChI is InChI=1S/C26H29N3O4.C23H29N3O4/c30-25(20-8-10-23-24(16-20)33-14-13-32-23)22(17-29-11-3-4-12-29)28-26(31)27-21-9-7-18-5-1-2-6-19(18)15-21;1-16-4-7-18(8-5-16)24-23(28)25-19(15-26-10-2-3-11-26)22(27)17-6-9-20-21(14-17)30-13-12-29-20/h1-2,5-10,15-16,22,25,30H,3-4,11-14,17H2,(H2,27,28,31);4-9,14,19,22,27H,2-3,10-13,15H2,1H3,(H2,24,25,28). The summed E-state index contributed by atoms with van der Waals surface area (Å²) in [5, 5.41) is 36.3. The number of hydrogen-bond donors (Lipinski definition) is 6. The van der Waals surface area contributed by atoms with Crippen molar-refractivity contribution in [3.05, 3.63) is 120 Å². The van der Waals surface area contributed by atoms with Gasteiger partial charge in [-0.3, -0.25) is 0 Å². The number of anilines is 2. The molecule has 4 atom stereocenters. The molecule has 9 rings (SSSR count). The molecule has 4 aliphatic heterocycles. The van der Waals surface area contributed by atoms with Crippen LogP contribution in [0.5, 0.6) is 23.0 Å². The van der Waals surface area contributed by atoms with E-state index in [1.807, 2.05) is 97.9 Å². The molecule has 0 bridgehead atoms. The molecule has 63 heavy (non-hydrogen) atoms. The number of ether oxygens (including phenoxy) is 4. The molecular formula is C49H58N6O8. The van der Waals surface area contributed by atoms with Crippen molar-refractivity contribution in [2.75, 3.05) is 76.3 Å². The second kappa shape index (κ2) is 20.9. The van der Waals surface area contributed by atoms with Gasteiger partial charge in [0.2, 0.25) is 0 Å². The van der Waals surface area contributed by atoms with Crippen LogP contribution in [0.25, 0.3) is 10.8 Å². The molecule has 4 heterocycles. The molecule has 4 unspecified atom stereocenters. The normalized spacial score (nSPS) is 17.7. The molecule has 6 N–H and O–H groups in total. The number of rotatable bonds is 12. The van der Waals surface area contributed by atoms with Crippen LogP contribution in [0.1, 0.15) is 54.6 Å². The largest absolute Gasteiger partial charge is 0.486 e. The van der Waals surface area contributed by atoms with Crippen molar-refractivity contribution in [2.24, 2.45) is 0 Å². The van der Waals surface area contributed by atoms with Gasteiger partial charge in [0.05, 0.1) is 12.1 Å². The zero-order valence-electron chi connectivity index (χ0n) is 35.8. The predicted octanol–water partition coefficient (Wildman–Crippen LogP) is 7.02. The molecule has 5 aromatic rings. The van der Waals surface area contributed by atoms with E-state index >= 15 is 0 Å². The summed E-state index contributed by atoms with van der Waals surface area (Å²) in [6.07, 6.45) is 2.80. The number of urea groups is 2. The van der Waals surface area contributed by atoms with E-state index in [9.17, 15) is 19.8 Å². The molecule has 14 nitrogen and oxygen atoms in total. The average molecular weight is 859 g/mol. The van der Waals surface area contributed by atoms with Gasteiger partial charge >= 0.3 is 12.1 Å². The minimum absolute atomic E-state index is 0.334. The summed E-state index contributed by atoms with van der Waals surface area (Å²) < 4.78 is 22.5. The minimum atomic E-state index is -0.885. The molecule has 0 spiro atoms. The van der Waals surface area contributed by atoms with Gasteiger partial charge in [0.15, 0.2) is 23.0 Å². The van der Waals surface area contributed by atoms with E-state index in [-0.39, 0.29) is 12.1 Å². The van der Waals surface area contributed by atoms with Crippen LogP contribution in [0.4, 0.5) is 21.0 Å². The first-order chi connectivity index (χ1) is 30.7. The smallest absolute Gasteiger partial charge is 0.319 e. The van der Waals surface area contributed by atoms with E-state index in [4.69, 9.17) is 18.9 Å². The van der Waals surface area contributed by atoms with Crippen LogP contribution in [0.2, 0.25) is 0 Å². The lowest BCUT2D eigenvalue weighted by Gasteiger charge is -2.29. The molecule has 0 radical (unpaired) electrons. The number of nitrogens with one attached hydrogen (secondary N) is 4. The topological polar surface area (TPSA) is 166 Å². The zero-order chi connectivity index (χ0) is 43.5. The highest BCUT2D eigenvalue weighted by Gasteiger charge is 2.30. The predicted molar refractivity (Wildman–Crippen MR) is 243 cm³/mol. The summed E-state index contributed by atoms with van der Waals surface area (Å²) in [6, 6.07) is 30.7. The molecule has 4 aliphatic rings. The maximum absolute atomic E-state index is 12.9. The number of carbonyl (C=O) groups excluding carboxylic acids is 2. The number of aliphatic hydroxyl groups is 2. The van der Waals surface area contributed by atoms with Crippen LogP contribution in [-0.4, -0.2) is 110 Å². The van der Waals surface area contributed by atoms with Crippen molar-refractivity contribution >= 4 is 34.2 Å². The van der Waals surface area contributed by atoms with Gasteiger partial charge in [-0.15, -0.1) is 0 Å². The maximum atomic E-state index is 12.9. The Bertz CT molecular complexity index is 2320. The van der Waals surface area contributed by atoms with E-state index in [0.29, 0.717) is 85.0 Å². The molecule has 2 fully saturated rings. The van der Waals surface area contributed by atoms with Crippen molar-refractivity contribution in [3.8, 4) is 23.0 Å². The number of carbonyl (C=O) groups is 2.